The fourth-order valence-electron chi connectivity index (χ4n) is 2.76. The molecule has 0 aliphatic carbocycles. The summed E-state index contributed by atoms with van der Waals surface area (Å²) in [6.45, 7) is 2.44. The van der Waals surface area contributed by atoms with Crippen LogP contribution < -0.4 is 10.6 Å². The molecule has 1 aliphatic rings. The van der Waals surface area contributed by atoms with Crippen LogP contribution in [0.5, 0.6) is 0 Å². The standard InChI is InChI=1S/C17H17FN4O2/c1-11-10-12(18)5-6-13(11)15-16(23)20-8-9-22(15)17(24)21-14-4-2-3-7-19-14/h2-7,10,15H,8-9H2,1H3,(H,20,23)(H,19,21,24)/t15-/m1/s1. The smallest absolute Gasteiger partial charge is 0.324 e. The van der Waals surface area contributed by atoms with E-state index in [-0.39, 0.29) is 11.7 Å². The number of nitrogens with zero attached hydrogens (tertiary/aromatic N) is 2. The van der Waals surface area contributed by atoms with Crippen molar-refractivity contribution in [1.82, 2.24) is 15.2 Å². The molecule has 24 heavy (non-hydrogen) atoms. The van der Waals surface area contributed by atoms with Gasteiger partial charge in [-0.05, 0) is 42.3 Å². The quantitative estimate of drug-likeness (QED) is 0.888. The Kier molecular flexibility index (Phi) is 4.41. The van der Waals surface area contributed by atoms with E-state index in [9.17, 15) is 14.0 Å². The Morgan fingerprint density at radius 1 is 1.38 bits per heavy atom. The molecule has 0 bridgehead atoms. The Bertz CT molecular complexity index is 766. The number of aryl methyl sites for hydroxylation is 1. The van der Waals surface area contributed by atoms with Gasteiger partial charge < -0.3 is 10.2 Å². The van der Waals surface area contributed by atoms with E-state index in [2.05, 4.69) is 15.6 Å². The minimum absolute atomic E-state index is 0.285. The zero-order valence-corrected chi connectivity index (χ0v) is 13.1. The summed E-state index contributed by atoms with van der Waals surface area (Å²) in [7, 11) is 0. The van der Waals surface area contributed by atoms with Gasteiger partial charge >= 0.3 is 6.03 Å². The Labute approximate surface area is 138 Å². The lowest BCUT2D eigenvalue weighted by Crippen LogP contribution is -2.53. The molecule has 0 saturated carbocycles. The summed E-state index contributed by atoms with van der Waals surface area (Å²) in [5.74, 6) is -0.257. The maximum absolute atomic E-state index is 13.4. The maximum atomic E-state index is 13.4. The average molecular weight is 328 g/mol. The van der Waals surface area contributed by atoms with E-state index in [1.54, 1.807) is 37.4 Å². The second kappa shape index (κ2) is 6.66. The highest BCUT2D eigenvalue weighted by Gasteiger charge is 2.35. The topological polar surface area (TPSA) is 74.3 Å². The summed E-state index contributed by atoms with van der Waals surface area (Å²) in [5.41, 5.74) is 1.22. The predicted octanol–water partition coefficient (Wildman–Crippen LogP) is 2.23. The molecule has 124 valence electrons. The summed E-state index contributed by atoms with van der Waals surface area (Å²) in [4.78, 5) is 30.4. The molecular formula is C17H17FN4O2. The fourth-order valence-corrected chi connectivity index (χ4v) is 2.76. The Morgan fingerprint density at radius 2 is 2.21 bits per heavy atom. The second-order valence-corrected chi connectivity index (χ2v) is 5.53. The van der Waals surface area contributed by atoms with Crippen LogP contribution in [0.3, 0.4) is 0 Å². The molecule has 0 radical (unpaired) electrons. The number of amides is 3. The number of piperazine rings is 1. The van der Waals surface area contributed by atoms with Gasteiger partial charge in [0.05, 0.1) is 0 Å². The van der Waals surface area contributed by atoms with E-state index < -0.39 is 12.1 Å². The number of urea groups is 1. The van der Waals surface area contributed by atoms with Crippen molar-refractivity contribution < 1.29 is 14.0 Å². The van der Waals surface area contributed by atoms with Gasteiger partial charge in [-0.15, -0.1) is 0 Å². The number of aromatic nitrogens is 1. The molecular weight excluding hydrogens is 311 g/mol. The monoisotopic (exact) mass is 328 g/mol. The number of halogens is 1. The normalized spacial score (nSPS) is 17.3. The molecule has 3 rings (SSSR count). The van der Waals surface area contributed by atoms with Crippen LogP contribution in [0.1, 0.15) is 17.2 Å². The first-order chi connectivity index (χ1) is 11.6. The third-order valence-electron chi connectivity index (χ3n) is 3.90. The molecule has 3 amide bonds. The molecule has 7 heteroatoms. The summed E-state index contributed by atoms with van der Waals surface area (Å²) in [5, 5.41) is 5.44. The minimum Gasteiger partial charge on any atom is -0.352 e. The third kappa shape index (κ3) is 3.19. The molecule has 0 unspecified atom stereocenters. The van der Waals surface area contributed by atoms with Crippen molar-refractivity contribution in [3.8, 4) is 0 Å². The molecule has 1 fully saturated rings. The number of anilines is 1. The number of nitrogens with one attached hydrogen (secondary N) is 2. The Hall–Kier alpha value is -2.96. The molecule has 1 aromatic heterocycles. The molecule has 1 saturated heterocycles. The van der Waals surface area contributed by atoms with Gasteiger partial charge in [-0.2, -0.15) is 0 Å². The maximum Gasteiger partial charge on any atom is 0.324 e. The van der Waals surface area contributed by atoms with Crippen LogP contribution in [0.15, 0.2) is 42.6 Å². The molecule has 2 N–H and O–H groups in total. The molecule has 2 heterocycles. The number of hydrogen-bond donors (Lipinski definition) is 2. The zero-order chi connectivity index (χ0) is 17.1. The molecule has 0 spiro atoms. The van der Waals surface area contributed by atoms with Crippen LogP contribution in [-0.2, 0) is 4.79 Å². The van der Waals surface area contributed by atoms with Crippen LogP contribution in [0.2, 0.25) is 0 Å². The van der Waals surface area contributed by atoms with E-state index in [0.29, 0.717) is 30.0 Å². The second-order valence-electron chi connectivity index (χ2n) is 5.53. The zero-order valence-electron chi connectivity index (χ0n) is 13.1. The number of carbonyl (C=O) groups is 2. The van der Waals surface area contributed by atoms with Crippen molar-refractivity contribution in [2.75, 3.05) is 18.4 Å². The molecule has 1 aromatic carbocycles. The van der Waals surface area contributed by atoms with Crippen LogP contribution in [0.4, 0.5) is 15.0 Å². The van der Waals surface area contributed by atoms with Crippen molar-refractivity contribution in [2.24, 2.45) is 0 Å². The highest BCUT2D eigenvalue weighted by atomic mass is 19.1. The van der Waals surface area contributed by atoms with Gasteiger partial charge in [-0.3, -0.25) is 10.1 Å². The van der Waals surface area contributed by atoms with Crippen LogP contribution in [0.25, 0.3) is 0 Å². The number of benzene rings is 1. The summed E-state index contributed by atoms with van der Waals surface area (Å²) in [6.07, 6.45) is 1.57. The number of pyridine rings is 1. The van der Waals surface area contributed by atoms with Gasteiger partial charge in [-0.25, -0.2) is 14.2 Å². The van der Waals surface area contributed by atoms with Gasteiger partial charge in [0.25, 0.3) is 0 Å². The van der Waals surface area contributed by atoms with E-state index in [1.807, 2.05) is 0 Å². The summed E-state index contributed by atoms with van der Waals surface area (Å²) in [6, 6.07) is 8.13. The summed E-state index contributed by atoms with van der Waals surface area (Å²) < 4.78 is 13.4. The first-order valence-corrected chi connectivity index (χ1v) is 7.58. The fraction of sp³-hybridized carbons (Fsp3) is 0.235. The number of carbonyl (C=O) groups excluding carboxylic acids is 2. The van der Waals surface area contributed by atoms with E-state index in [0.717, 1.165) is 0 Å². The SMILES string of the molecule is Cc1cc(F)ccc1[C@@H]1C(=O)NCCN1C(=O)Nc1ccccn1. The van der Waals surface area contributed by atoms with Crippen molar-refractivity contribution in [1.29, 1.82) is 0 Å². The van der Waals surface area contributed by atoms with Crippen LogP contribution in [-0.4, -0.2) is 34.9 Å². The molecule has 6 nitrogen and oxygen atoms in total. The van der Waals surface area contributed by atoms with Gasteiger partial charge in [0.15, 0.2) is 0 Å². The van der Waals surface area contributed by atoms with E-state index in [1.165, 1.54) is 17.0 Å². The molecule has 1 aliphatic heterocycles. The Balaban J connectivity index is 1.89. The molecule has 1 atom stereocenters. The van der Waals surface area contributed by atoms with Crippen molar-refractivity contribution in [3.63, 3.8) is 0 Å². The van der Waals surface area contributed by atoms with Crippen LogP contribution in [0, 0.1) is 12.7 Å². The van der Waals surface area contributed by atoms with Gasteiger partial charge in [0, 0.05) is 19.3 Å². The summed E-state index contributed by atoms with van der Waals surface area (Å²) >= 11 is 0. The van der Waals surface area contributed by atoms with Gasteiger partial charge in [0.2, 0.25) is 5.91 Å². The highest BCUT2D eigenvalue weighted by Crippen LogP contribution is 2.27. The van der Waals surface area contributed by atoms with E-state index >= 15 is 0 Å². The van der Waals surface area contributed by atoms with Gasteiger partial charge in [0.1, 0.15) is 17.7 Å². The van der Waals surface area contributed by atoms with Crippen molar-refractivity contribution in [2.45, 2.75) is 13.0 Å². The van der Waals surface area contributed by atoms with Crippen molar-refractivity contribution in [3.05, 3.63) is 59.5 Å². The molecule has 2 aromatic rings. The first-order valence-electron chi connectivity index (χ1n) is 7.58. The third-order valence-corrected chi connectivity index (χ3v) is 3.90. The number of rotatable bonds is 2. The van der Waals surface area contributed by atoms with Gasteiger partial charge in [-0.1, -0.05) is 12.1 Å². The largest absolute Gasteiger partial charge is 0.352 e. The lowest BCUT2D eigenvalue weighted by Gasteiger charge is -2.35. The highest BCUT2D eigenvalue weighted by molar-refractivity contribution is 5.94. The average Bonchev–Trinajstić information content (AvgIpc) is 2.56. The van der Waals surface area contributed by atoms with Crippen LogP contribution >= 0.6 is 0 Å². The van der Waals surface area contributed by atoms with E-state index in [4.69, 9.17) is 0 Å². The lowest BCUT2D eigenvalue weighted by atomic mass is 9.98. The minimum atomic E-state index is -0.803. The number of hydrogen-bond acceptors (Lipinski definition) is 3. The Morgan fingerprint density at radius 3 is 2.92 bits per heavy atom. The lowest BCUT2D eigenvalue weighted by molar-refractivity contribution is -0.127. The van der Waals surface area contributed by atoms with Crippen molar-refractivity contribution >= 4 is 17.8 Å². The first kappa shape index (κ1) is 15.9. The predicted molar refractivity (Wildman–Crippen MR) is 86.8 cm³/mol.